The first-order valence-corrected chi connectivity index (χ1v) is 7.37. The van der Waals surface area contributed by atoms with Gasteiger partial charge in [-0.1, -0.05) is 24.3 Å². The molecule has 0 bridgehead atoms. The Kier molecular flexibility index (Phi) is 3.65. The molecule has 0 saturated heterocycles. The lowest BCUT2D eigenvalue weighted by molar-refractivity contribution is 0.0507. The van der Waals surface area contributed by atoms with Gasteiger partial charge in [-0.05, 0) is 36.2 Å². The summed E-state index contributed by atoms with van der Waals surface area (Å²) in [6.45, 7) is 0.424. The first-order chi connectivity index (χ1) is 9.72. The molecule has 4 heteroatoms. The molecule has 2 N–H and O–H groups in total. The quantitative estimate of drug-likeness (QED) is 0.695. The predicted molar refractivity (Wildman–Crippen MR) is 80.9 cm³/mol. The van der Waals surface area contributed by atoms with E-state index in [1.807, 2.05) is 12.1 Å². The number of esters is 1. The fraction of sp³-hybridized carbons (Fsp3) is 0.188. The highest BCUT2D eigenvalue weighted by Crippen LogP contribution is 2.36. The first kappa shape index (κ1) is 13.1. The van der Waals surface area contributed by atoms with Gasteiger partial charge < -0.3 is 10.5 Å². The predicted octanol–water partition coefficient (Wildman–Crippen LogP) is 3.14. The molecule has 2 aromatic rings. The highest BCUT2D eigenvalue weighted by molar-refractivity contribution is 8.00. The van der Waals surface area contributed by atoms with Crippen molar-refractivity contribution in [3.8, 4) is 0 Å². The van der Waals surface area contributed by atoms with Crippen LogP contribution in [0.4, 0.5) is 5.69 Å². The zero-order valence-corrected chi connectivity index (χ0v) is 11.7. The molecule has 0 spiro atoms. The normalized spacial score (nSPS) is 16.7. The van der Waals surface area contributed by atoms with Crippen LogP contribution >= 0.6 is 11.8 Å². The Bertz CT molecular complexity index is 617. The molecule has 3 nitrogen and oxygen atoms in total. The number of thioether (sulfide) groups is 1. The van der Waals surface area contributed by atoms with Crippen LogP contribution in [0.2, 0.25) is 0 Å². The molecule has 1 heterocycles. The van der Waals surface area contributed by atoms with Crippen molar-refractivity contribution in [2.24, 2.45) is 0 Å². The highest BCUT2D eigenvalue weighted by atomic mass is 32.2. The van der Waals surface area contributed by atoms with Gasteiger partial charge >= 0.3 is 5.97 Å². The van der Waals surface area contributed by atoms with E-state index in [1.165, 1.54) is 10.5 Å². The third kappa shape index (κ3) is 2.80. The Morgan fingerprint density at radius 1 is 1.25 bits per heavy atom. The van der Waals surface area contributed by atoms with Crippen LogP contribution in [-0.4, -0.2) is 17.8 Å². The van der Waals surface area contributed by atoms with E-state index in [9.17, 15) is 4.79 Å². The maximum Gasteiger partial charge on any atom is 0.338 e. The number of carbonyl (C=O) groups excluding carboxylic acids is 1. The number of rotatable bonds is 3. The number of anilines is 1. The number of fused-ring (bicyclic) bond motifs is 1. The molecular weight excluding hydrogens is 270 g/mol. The van der Waals surface area contributed by atoms with Crippen LogP contribution in [0.1, 0.15) is 15.9 Å². The van der Waals surface area contributed by atoms with Gasteiger partial charge in [-0.15, -0.1) is 11.8 Å². The lowest BCUT2D eigenvalue weighted by atomic mass is 10.1. The van der Waals surface area contributed by atoms with Crippen molar-refractivity contribution in [2.75, 3.05) is 12.3 Å². The van der Waals surface area contributed by atoms with Crippen LogP contribution in [0.25, 0.3) is 0 Å². The smallest absolute Gasteiger partial charge is 0.338 e. The van der Waals surface area contributed by atoms with Crippen LogP contribution < -0.4 is 5.73 Å². The van der Waals surface area contributed by atoms with E-state index in [-0.39, 0.29) is 5.97 Å². The Labute approximate surface area is 122 Å². The first-order valence-electron chi connectivity index (χ1n) is 6.49. The Morgan fingerprint density at radius 2 is 2.10 bits per heavy atom. The molecule has 1 unspecified atom stereocenters. The van der Waals surface area contributed by atoms with E-state index in [0.717, 1.165) is 6.42 Å². The largest absolute Gasteiger partial charge is 0.461 e. The van der Waals surface area contributed by atoms with Gasteiger partial charge in [0.05, 0.1) is 5.56 Å². The van der Waals surface area contributed by atoms with Crippen molar-refractivity contribution in [2.45, 2.75) is 16.6 Å². The van der Waals surface area contributed by atoms with E-state index in [2.05, 4.69) is 12.1 Å². The molecule has 1 aliphatic heterocycles. The van der Waals surface area contributed by atoms with Crippen molar-refractivity contribution in [3.05, 3.63) is 59.7 Å². The molecule has 1 aliphatic rings. The Hall–Kier alpha value is -1.94. The van der Waals surface area contributed by atoms with E-state index < -0.39 is 0 Å². The summed E-state index contributed by atoms with van der Waals surface area (Å²) in [5.74, 6) is -0.311. The summed E-state index contributed by atoms with van der Waals surface area (Å²) in [6, 6.07) is 15.2. The number of benzene rings is 2. The lowest BCUT2D eigenvalue weighted by Gasteiger charge is -2.09. The second kappa shape index (κ2) is 5.59. The molecule has 102 valence electrons. The van der Waals surface area contributed by atoms with Crippen LogP contribution in [-0.2, 0) is 11.2 Å². The van der Waals surface area contributed by atoms with E-state index in [0.29, 0.717) is 23.1 Å². The number of hydrogen-bond donors (Lipinski definition) is 1. The zero-order chi connectivity index (χ0) is 13.9. The standard InChI is InChI=1S/C16H15NO2S/c17-13-6-3-5-12(8-13)16(18)19-10-14-9-11-4-1-2-7-15(11)20-14/h1-8,14H,9-10,17H2. The second-order valence-electron chi connectivity index (χ2n) is 4.78. The monoisotopic (exact) mass is 285 g/mol. The van der Waals surface area contributed by atoms with E-state index in [4.69, 9.17) is 10.5 Å². The summed E-state index contributed by atoms with van der Waals surface area (Å²) in [6.07, 6.45) is 0.949. The fourth-order valence-electron chi connectivity index (χ4n) is 2.26. The SMILES string of the molecule is Nc1cccc(C(=O)OCC2Cc3ccccc3S2)c1. The van der Waals surface area contributed by atoms with Crippen molar-refractivity contribution in [1.82, 2.24) is 0 Å². The van der Waals surface area contributed by atoms with Crippen LogP contribution in [0.15, 0.2) is 53.4 Å². The van der Waals surface area contributed by atoms with E-state index >= 15 is 0 Å². The molecule has 0 radical (unpaired) electrons. The lowest BCUT2D eigenvalue weighted by Crippen LogP contribution is -2.15. The third-order valence-corrected chi connectivity index (χ3v) is 4.52. The zero-order valence-electron chi connectivity index (χ0n) is 10.9. The molecule has 0 fully saturated rings. The van der Waals surface area contributed by atoms with Gasteiger partial charge in [0.1, 0.15) is 6.61 Å². The summed E-state index contributed by atoms with van der Waals surface area (Å²) in [5, 5.41) is 0.303. The average molecular weight is 285 g/mol. The molecule has 2 aromatic carbocycles. The third-order valence-electron chi connectivity index (χ3n) is 3.24. The van der Waals surface area contributed by atoms with Gasteiger partial charge in [0.15, 0.2) is 0 Å². The molecule has 0 aliphatic carbocycles. The topological polar surface area (TPSA) is 52.3 Å². The summed E-state index contributed by atoms with van der Waals surface area (Å²) in [5.41, 5.74) is 8.07. The molecular formula is C16H15NO2S. The van der Waals surface area contributed by atoms with Crippen molar-refractivity contribution in [3.63, 3.8) is 0 Å². The summed E-state index contributed by atoms with van der Waals surface area (Å²) >= 11 is 1.77. The second-order valence-corrected chi connectivity index (χ2v) is 6.12. The number of nitrogens with two attached hydrogens (primary N) is 1. The van der Waals surface area contributed by atoms with E-state index in [1.54, 1.807) is 36.0 Å². The maximum atomic E-state index is 11.9. The summed E-state index contributed by atoms with van der Waals surface area (Å²) in [4.78, 5) is 13.2. The minimum atomic E-state index is -0.311. The maximum absolute atomic E-state index is 11.9. The number of nitrogen functional groups attached to an aromatic ring is 1. The fourth-order valence-corrected chi connectivity index (χ4v) is 3.48. The molecule has 3 rings (SSSR count). The van der Waals surface area contributed by atoms with Gasteiger partial charge in [0, 0.05) is 15.8 Å². The van der Waals surface area contributed by atoms with Crippen LogP contribution in [0.5, 0.6) is 0 Å². The Balaban J connectivity index is 1.58. The minimum Gasteiger partial charge on any atom is -0.461 e. The number of hydrogen-bond acceptors (Lipinski definition) is 4. The van der Waals surface area contributed by atoms with Gasteiger partial charge in [-0.3, -0.25) is 0 Å². The van der Waals surface area contributed by atoms with Crippen molar-refractivity contribution in [1.29, 1.82) is 0 Å². The summed E-state index contributed by atoms with van der Waals surface area (Å²) < 4.78 is 5.38. The summed E-state index contributed by atoms with van der Waals surface area (Å²) in [7, 11) is 0. The van der Waals surface area contributed by atoms with Gasteiger partial charge in [0.25, 0.3) is 0 Å². The Morgan fingerprint density at radius 3 is 2.90 bits per heavy atom. The van der Waals surface area contributed by atoms with Crippen molar-refractivity contribution >= 4 is 23.4 Å². The number of ether oxygens (including phenoxy) is 1. The van der Waals surface area contributed by atoms with Crippen LogP contribution in [0.3, 0.4) is 0 Å². The van der Waals surface area contributed by atoms with Gasteiger partial charge in [-0.25, -0.2) is 4.79 Å². The van der Waals surface area contributed by atoms with Gasteiger partial charge in [-0.2, -0.15) is 0 Å². The minimum absolute atomic E-state index is 0.303. The molecule has 0 saturated carbocycles. The van der Waals surface area contributed by atoms with Gasteiger partial charge in [0.2, 0.25) is 0 Å². The molecule has 1 atom stereocenters. The van der Waals surface area contributed by atoms with Crippen LogP contribution in [0, 0.1) is 0 Å². The molecule has 0 amide bonds. The average Bonchev–Trinajstić information content (AvgIpc) is 2.87. The number of carbonyl (C=O) groups is 1. The molecule has 0 aromatic heterocycles. The molecule has 20 heavy (non-hydrogen) atoms. The van der Waals surface area contributed by atoms with Crippen molar-refractivity contribution < 1.29 is 9.53 Å². The highest BCUT2D eigenvalue weighted by Gasteiger charge is 2.23.